The molecule has 20 heavy (non-hydrogen) atoms. The van der Waals surface area contributed by atoms with Crippen LogP contribution in [0.15, 0.2) is 18.7 Å². The Hall–Kier alpha value is -1.85. The van der Waals surface area contributed by atoms with Crippen LogP contribution < -0.4 is 5.32 Å². The van der Waals surface area contributed by atoms with E-state index in [1.54, 1.807) is 17.4 Å². The van der Waals surface area contributed by atoms with Gasteiger partial charge >= 0.3 is 0 Å². The molecule has 1 saturated heterocycles. The van der Waals surface area contributed by atoms with E-state index in [0.717, 1.165) is 13.0 Å². The Bertz CT molecular complexity index is 456. The van der Waals surface area contributed by atoms with Crippen LogP contribution in [0.25, 0.3) is 0 Å². The lowest BCUT2D eigenvalue weighted by atomic mass is 10.0. The van der Waals surface area contributed by atoms with Crippen molar-refractivity contribution in [3.63, 3.8) is 0 Å². The molecule has 0 aromatic carbocycles. The Morgan fingerprint density at radius 1 is 1.40 bits per heavy atom. The van der Waals surface area contributed by atoms with Gasteiger partial charge in [-0.15, -0.1) is 0 Å². The molecular formula is C14H22N4O2. The van der Waals surface area contributed by atoms with Crippen LogP contribution in [0.4, 0.5) is 0 Å². The van der Waals surface area contributed by atoms with E-state index in [-0.39, 0.29) is 24.4 Å². The molecule has 110 valence electrons. The highest BCUT2D eigenvalue weighted by Gasteiger charge is 2.32. The lowest BCUT2D eigenvalue weighted by Gasteiger charge is -2.33. The van der Waals surface area contributed by atoms with Crippen molar-refractivity contribution in [3.05, 3.63) is 18.7 Å². The van der Waals surface area contributed by atoms with Gasteiger partial charge in [0.2, 0.25) is 11.8 Å². The molecule has 0 saturated carbocycles. The first-order valence-corrected chi connectivity index (χ1v) is 7.10. The number of rotatable bonds is 6. The molecule has 1 fully saturated rings. The number of nitrogens with zero attached hydrogens (tertiary/aromatic N) is 3. The highest BCUT2D eigenvalue weighted by Crippen LogP contribution is 2.12. The molecule has 2 rings (SSSR count). The smallest absolute Gasteiger partial charge is 0.245 e. The van der Waals surface area contributed by atoms with Gasteiger partial charge in [0.15, 0.2) is 0 Å². The zero-order valence-electron chi connectivity index (χ0n) is 12.1. The van der Waals surface area contributed by atoms with Crippen molar-refractivity contribution in [3.8, 4) is 0 Å². The third kappa shape index (κ3) is 3.82. The number of hydrogen-bond acceptors (Lipinski definition) is 3. The van der Waals surface area contributed by atoms with Crippen LogP contribution in [-0.2, 0) is 16.1 Å². The summed E-state index contributed by atoms with van der Waals surface area (Å²) in [5.74, 6) is 0.372. The van der Waals surface area contributed by atoms with E-state index in [1.807, 2.05) is 10.8 Å². The Balaban J connectivity index is 1.85. The minimum atomic E-state index is -0.357. The minimum Gasteiger partial charge on any atom is -0.343 e. The lowest BCUT2D eigenvalue weighted by Crippen LogP contribution is -2.58. The molecule has 1 aliphatic heterocycles. The van der Waals surface area contributed by atoms with E-state index in [0.29, 0.717) is 18.9 Å². The van der Waals surface area contributed by atoms with Gasteiger partial charge in [0.1, 0.15) is 6.04 Å². The molecule has 1 aromatic heterocycles. The summed E-state index contributed by atoms with van der Waals surface area (Å²) in [5.41, 5.74) is 0. The fourth-order valence-electron chi connectivity index (χ4n) is 2.46. The van der Waals surface area contributed by atoms with E-state index in [1.165, 1.54) is 0 Å². The second-order valence-corrected chi connectivity index (χ2v) is 5.66. The summed E-state index contributed by atoms with van der Waals surface area (Å²) in [6.07, 6.45) is 6.91. The second-order valence-electron chi connectivity index (χ2n) is 5.66. The van der Waals surface area contributed by atoms with Crippen LogP contribution in [0.5, 0.6) is 0 Å². The predicted molar refractivity (Wildman–Crippen MR) is 74.8 cm³/mol. The maximum absolute atomic E-state index is 12.3. The van der Waals surface area contributed by atoms with E-state index in [2.05, 4.69) is 24.1 Å². The number of carbonyl (C=O) groups is 2. The van der Waals surface area contributed by atoms with Gasteiger partial charge in [0.25, 0.3) is 0 Å². The number of aromatic nitrogens is 2. The van der Waals surface area contributed by atoms with Crippen LogP contribution in [0.2, 0.25) is 0 Å². The summed E-state index contributed by atoms with van der Waals surface area (Å²) < 4.78 is 1.97. The summed E-state index contributed by atoms with van der Waals surface area (Å²) in [6, 6.07) is -0.357. The molecule has 0 bridgehead atoms. The highest BCUT2D eigenvalue weighted by atomic mass is 16.2. The van der Waals surface area contributed by atoms with Crippen LogP contribution in [-0.4, -0.2) is 45.4 Å². The van der Waals surface area contributed by atoms with Crippen LogP contribution in [0, 0.1) is 5.92 Å². The molecular weight excluding hydrogens is 256 g/mol. The first kappa shape index (κ1) is 14.6. The van der Waals surface area contributed by atoms with Gasteiger partial charge in [-0.3, -0.25) is 9.59 Å². The van der Waals surface area contributed by atoms with Crippen LogP contribution in [0.1, 0.15) is 26.7 Å². The number of amides is 2. The Kier molecular flexibility index (Phi) is 4.76. The van der Waals surface area contributed by atoms with Crippen LogP contribution >= 0.6 is 0 Å². The van der Waals surface area contributed by atoms with Gasteiger partial charge < -0.3 is 14.8 Å². The second kappa shape index (κ2) is 6.54. The average Bonchev–Trinajstić information content (AvgIpc) is 2.87. The predicted octanol–water partition coefficient (Wildman–Crippen LogP) is 0.646. The quantitative estimate of drug-likeness (QED) is 0.830. The number of hydrogen-bond donors (Lipinski definition) is 1. The first-order chi connectivity index (χ1) is 9.56. The van der Waals surface area contributed by atoms with Gasteiger partial charge in [0, 0.05) is 25.5 Å². The van der Waals surface area contributed by atoms with Crippen molar-refractivity contribution in [2.75, 3.05) is 13.1 Å². The number of imidazole rings is 1. The number of carbonyl (C=O) groups excluding carboxylic acids is 2. The van der Waals surface area contributed by atoms with Gasteiger partial charge in [-0.1, -0.05) is 13.8 Å². The number of piperazine rings is 1. The molecule has 1 N–H and O–H groups in total. The van der Waals surface area contributed by atoms with Gasteiger partial charge in [-0.05, 0) is 18.8 Å². The first-order valence-electron chi connectivity index (χ1n) is 7.10. The molecule has 1 aromatic rings. The lowest BCUT2D eigenvalue weighted by molar-refractivity contribution is -0.144. The maximum atomic E-state index is 12.3. The molecule has 2 heterocycles. The largest absolute Gasteiger partial charge is 0.343 e. The molecule has 0 radical (unpaired) electrons. The third-order valence-electron chi connectivity index (χ3n) is 3.39. The fourth-order valence-corrected chi connectivity index (χ4v) is 2.46. The molecule has 1 atom stereocenters. The third-order valence-corrected chi connectivity index (χ3v) is 3.39. The summed E-state index contributed by atoms with van der Waals surface area (Å²) in [6.45, 7) is 5.70. The molecule has 0 aliphatic carbocycles. The SMILES string of the molecule is CC(C)CC1NC(=O)CN(CCCn2ccnc2)C1=O. The Morgan fingerprint density at radius 3 is 2.85 bits per heavy atom. The molecule has 2 amide bonds. The summed E-state index contributed by atoms with van der Waals surface area (Å²) in [7, 11) is 0. The van der Waals surface area contributed by atoms with Gasteiger partial charge in [0.05, 0.1) is 12.9 Å². The topological polar surface area (TPSA) is 67.2 Å². The van der Waals surface area contributed by atoms with E-state index >= 15 is 0 Å². The van der Waals surface area contributed by atoms with E-state index < -0.39 is 0 Å². The van der Waals surface area contributed by atoms with Crippen molar-refractivity contribution in [1.29, 1.82) is 0 Å². The zero-order valence-corrected chi connectivity index (χ0v) is 12.1. The summed E-state index contributed by atoms with van der Waals surface area (Å²) in [5, 5.41) is 2.79. The summed E-state index contributed by atoms with van der Waals surface area (Å²) in [4.78, 5) is 29.6. The molecule has 1 unspecified atom stereocenters. The normalized spacial score (nSPS) is 19.6. The number of nitrogens with one attached hydrogen (secondary N) is 1. The maximum Gasteiger partial charge on any atom is 0.245 e. The van der Waals surface area contributed by atoms with Gasteiger partial charge in [-0.2, -0.15) is 0 Å². The van der Waals surface area contributed by atoms with Crippen molar-refractivity contribution in [2.45, 2.75) is 39.3 Å². The molecule has 6 nitrogen and oxygen atoms in total. The Labute approximate surface area is 119 Å². The van der Waals surface area contributed by atoms with E-state index in [4.69, 9.17) is 0 Å². The zero-order chi connectivity index (χ0) is 14.5. The molecule has 6 heteroatoms. The van der Waals surface area contributed by atoms with Crippen molar-refractivity contribution < 1.29 is 9.59 Å². The summed E-state index contributed by atoms with van der Waals surface area (Å²) >= 11 is 0. The van der Waals surface area contributed by atoms with Crippen LogP contribution in [0.3, 0.4) is 0 Å². The van der Waals surface area contributed by atoms with Gasteiger partial charge in [-0.25, -0.2) is 4.98 Å². The molecule has 1 aliphatic rings. The van der Waals surface area contributed by atoms with Crippen molar-refractivity contribution in [2.24, 2.45) is 5.92 Å². The highest BCUT2D eigenvalue weighted by molar-refractivity contribution is 5.94. The minimum absolute atomic E-state index is 0.0453. The number of aryl methyl sites for hydroxylation is 1. The Morgan fingerprint density at radius 2 is 2.20 bits per heavy atom. The van der Waals surface area contributed by atoms with Crippen molar-refractivity contribution in [1.82, 2.24) is 19.8 Å². The average molecular weight is 278 g/mol. The standard InChI is InChI=1S/C14H22N4O2/c1-11(2)8-12-14(20)18(9-13(19)16-12)6-3-5-17-7-4-15-10-17/h4,7,10-12H,3,5-6,8-9H2,1-2H3,(H,16,19). The monoisotopic (exact) mass is 278 g/mol. The van der Waals surface area contributed by atoms with Crippen molar-refractivity contribution >= 4 is 11.8 Å². The molecule has 0 spiro atoms. The fraction of sp³-hybridized carbons (Fsp3) is 0.643. The van der Waals surface area contributed by atoms with E-state index in [9.17, 15) is 9.59 Å².